The molecule has 0 aliphatic carbocycles. The van der Waals surface area contributed by atoms with E-state index in [9.17, 15) is 4.79 Å². The number of aryl methyl sites for hydroxylation is 1. The van der Waals surface area contributed by atoms with Gasteiger partial charge in [0.2, 0.25) is 0 Å². The average Bonchev–Trinajstić information content (AvgIpc) is 3.43. The zero-order chi connectivity index (χ0) is 20.9. The lowest BCUT2D eigenvalue weighted by Crippen LogP contribution is -2.39. The van der Waals surface area contributed by atoms with E-state index in [-0.39, 0.29) is 18.3 Å². The molecule has 0 spiro atoms. The first kappa shape index (κ1) is 23.5. The van der Waals surface area contributed by atoms with Gasteiger partial charge in [0.1, 0.15) is 11.4 Å². The van der Waals surface area contributed by atoms with Crippen molar-refractivity contribution in [2.75, 3.05) is 51.4 Å². The van der Waals surface area contributed by atoms with E-state index in [0.29, 0.717) is 23.9 Å². The van der Waals surface area contributed by atoms with Gasteiger partial charge < -0.3 is 9.47 Å². The Hall–Kier alpha value is -2.20. The van der Waals surface area contributed by atoms with Gasteiger partial charge in [0, 0.05) is 38.9 Å². The number of ether oxygens (including phenoxy) is 2. The van der Waals surface area contributed by atoms with Gasteiger partial charge in [-0.2, -0.15) is 5.10 Å². The van der Waals surface area contributed by atoms with Crippen molar-refractivity contribution in [3.05, 3.63) is 36.2 Å². The first-order valence-electron chi connectivity index (χ1n) is 10.3. The molecule has 1 saturated heterocycles. The van der Waals surface area contributed by atoms with Gasteiger partial charge in [0.25, 0.3) is 5.91 Å². The summed E-state index contributed by atoms with van der Waals surface area (Å²) in [4.78, 5) is 22.4. The van der Waals surface area contributed by atoms with E-state index in [2.05, 4.69) is 10.00 Å². The molecule has 3 aromatic rings. The zero-order valence-corrected chi connectivity index (χ0v) is 19.5. The van der Waals surface area contributed by atoms with Crippen molar-refractivity contribution >= 4 is 45.0 Å². The van der Waals surface area contributed by atoms with Gasteiger partial charge in [-0.25, -0.2) is 4.98 Å². The fourth-order valence-electron chi connectivity index (χ4n) is 3.60. The standard InChI is InChI=1S/C21H27N5O3S.ClH/c1-3-26-18(7-8-22-26)20(27)25(10-4-9-24-11-13-29-14-12-24)21-23-17-6-5-16(28-2)15-19(17)30-21;/h5-8,15H,3-4,9-14H2,1-2H3;1H. The highest BCUT2D eigenvalue weighted by Gasteiger charge is 2.24. The SMILES string of the molecule is CCn1nccc1C(=O)N(CCCN1CCOCC1)c1nc2ccc(OC)cc2s1.Cl. The predicted molar refractivity (Wildman–Crippen MR) is 125 cm³/mol. The lowest BCUT2D eigenvalue weighted by atomic mass is 10.3. The number of fused-ring (bicyclic) bond motifs is 1. The van der Waals surface area contributed by atoms with Gasteiger partial charge in [0.15, 0.2) is 5.13 Å². The number of hydrogen-bond donors (Lipinski definition) is 0. The van der Waals surface area contributed by atoms with E-state index in [1.807, 2.05) is 25.1 Å². The minimum atomic E-state index is -0.0673. The molecule has 0 saturated carbocycles. The smallest absolute Gasteiger partial charge is 0.278 e. The van der Waals surface area contributed by atoms with Crippen molar-refractivity contribution in [2.45, 2.75) is 19.9 Å². The van der Waals surface area contributed by atoms with Crippen molar-refractivity contribution in [3.63, 3.8) is 0 Å². The summed E-state index contributed by atoms with van der Waals surface area (Å²) in [5.41, 5.74) is 1.45. The molecule has 1 aromatic carbocycles. The third-order valence-corrected chi connectivity index (χ3v) is 6.30. The fourth-order valence-corrected chi connectivity index (χ4v) is 4.62. The number of rotatable bonds is 8. The van der Waals surface area contributed by atoms with Crippen molar-refractivity contribution in [3.8, 4) is 5.75 Å². The highest BCUT2D eigenvalue weighted by Crippen LogP contribution is 2.32. The van der Waals surface area contributed by atoms with Crippen LogP contribution in [0.1, 0.15) is 23.8 Å². The Morgan fingerprint density at radius 3 is 2.84 bits per heavy atom. The van der Waals surface area contributed by atoms with Crippen LogP contribution < -0.4 is 9.64 Å². The first-order valence-corrected chi connectivity index (χ1v) is 11.1. The summed E-state index contributed by atoms with van der Waals surface area (Å²) in [6.07, 6.45) is 2.54. The number of nitrogens with zero attached hydrogens (tertiary/aromatic N) is 5. The third kappa shape index (κ3) is 5.35. The van der Waals surface area contributed by atoms with Crippen LogP contribution in [0, 0.1) is 0 Å². The molecule has 0 atom stereocenters. The zero-order valence-electron chi connectivity index (χ0n) is 17.8. The van der Waals surface area contributed by atoms with Crippen LogP contribution in [0.25, 0.3) is 10.2 Å². The summed E-state index contributed by atoms with van der Waals surface area (Å²) in [5.74, 6) is 0.717. The second-order valence-electron chi connectivity index (χ2n) is 7.13. The number of carbonyl (C=O) groups is 1. The molecule has 2 aromatic heterocycles. The van der Waals surface area contributed by atoms with Crippen LogP contribution in [-0.2, 0) is 11.3 Å². The fraction of sp³-hybridized carbons (Fsp3) is 0.476. The topological polar surface area (TPSA) is 72.7 Å². The minimum Gasteiger partial charge on any atom is -0.497 e. The Morgan fingerprint density at radius 1 is 1.29 bits per heavy atom. The van der Waals surface area contributed by atoms with E-state index >= 15 is 0 Å². The van der Waals surface area contributed by atoms with E-state index in [1.165, 1.54) is 11.3 Å². The Balaban J connectivity index is 0.00000272. The summed E-state index contributed by atoms with van der Waals surface area (Å²) >= 11 is 1.51. The quantitative estimate of drug-likeness (QED) is 0.508. The van der Waals surface area contributed by atoms with Crippen molar-refractivity contribution in [1.82, 2.24) is 19.7 Å². The number of amides is 1. The van der Waals surface area contributed by atoms with Crippen LogP contribution in [0.3, 0.4) is 0 Å². The van der Waals surface area contributed by atoms with Crippen LogP contribution in [0.5, 0.6) is 5.75 Å². The normalized spacial score (nSPS) is 14.4. The van der Waals surface area contributed by atoms with Crippen molar-refractivity contribution in [2.24, 2.45) is 0 Å². The lowest BCUT2D eigenvalue weighted by Gasteiger charge is -2.27. The van der Waals surface area contributed by atoms with E-state index < -0.39 is 0 Å². The molecule has 8 nitrogen and oxygen atoms in total. The number of methoxy groups -OCH3 is 1. The molecule has 4 rings (SSSR count). The maximum atomic E-state index is 13.4. The maximum absolute atomic E-state index is 13.4. The van der Waals surface area contributed by atoms with Gasteiger partial charge in [-0.15, -0.1) is 12.4 Å². The molecule has 10 heteroatoms. The molecule has 1 amide bonds. The Morgan fingerprint density at radius 2 is 2.10 bits per heavy atom. The highest BCUT2D eigenvalue weighted by atomic mass is 35.5. The number of anilines is 1. The minimum absolute atomic E-state index is 0. The third-order valence-electron chi connectivity index (χ3n) is 5.26. The number of benzene rings is 1. The lowest BCUT2D eigenvalue weighted by molar-refractivity contribution is 0.0376. The average molecular weight is 466 g/mol. The molecule has 0 N–H and O–H groups in total. The van der Waals surface area contributed by atoms with Gasteiger partial charge in [-0.05, 0) is 37.6 Å². The van der Waals surface area contributed by atoms with Crippen LogP contribution >= 0.6 is 23.7 Å². The van der Waals surface area contributed by atoms with Crippen LogP contribution in [0.4, 0.5) is 5.13 Å². The molecular formula is C21H28ClN5O3S. The summed E-state index contributed by atoms with van der Waals surface area (Å²) in [5, 5.41) is 4.97. The first-order chi connectivity index (χ1) is 14.7. The number of carbonyl (C=O) groups excluding carboxylic acids is 1. The summed E-state index contributed by atoms with van der Waals surface area (Å²) in [6.45, 7) is 7.59. The van der Waals surface area contributed by atoms with Gasteiger partial charge >= 0.3 is 0 Å². The second-order valence-corrected chi connectivity index (χ2v) is 8.14. The van der Waals surface area contributed by atoms with E-state index in [0.717, 1.165) is 55.2 Å². The maximum Gasteiger partial charge on any atom is 0.278 e. The predicted octanol–water partition coefficient (Wildman–Crippen LogP) is 3.31. The molecule has 168 valence electrons. The van der Waals surface area contributed by atoms with Gasteiger partial charge in [0.05, 0.1) is 30.5 Å². The molecule has 1 aliphatic heterocycles. The highest BCUT2D eigenvalue weighted by molar-refractivity contribution is 7.22. The summed E-state index contributed by atoms with van der Waals surface area (Å²) in [7, 11) is 1.65. The van der Waals surface area contributed by atoms with Crippen LogP contribution in [0.15, 0.2) is 30.5 Å². The number of halogens is 1. The molecule has 0 radical (unpaired) electrons. The van der Waals surface area contributed by atoms with Crippen LogP contribution in [-0.4, -0.2) is 72.1 Å². The largest absolute Gasteiger partial charge is 0.497 e. The summed E-state index contributed by atoms with van der Waals surface area (Å²) in [6, 6.07) is 7.56. The van der Waals surface area contributed by atoms with Gasteiger partial charge in [-0.1, -0.05) is 11.3 Å². The molecule has 0 unspecified atom stereocenters. The number of morpholine rings is 1. The number of hydrogen-bond acceptors (Lipinski definition) is 7. The Bertz CT molecular complexity index is 1000. The molecule has 3 heterocycles. The molecule has 0 bridgehead atoms. The van der Waals surface area contributed by atoms with E-state index in [1.54, 1.807) is 29.0 Å². The molecule has 1 aliphatic rings. The van der Waals surface area contributed by atoms with Gasteiger partial charge in [-0.3, -0.25) is 19.3 Å². The molecule has 31 heavy (non-hydrogen) atoms. The second kappa shape index (κ2) is 10.9. The Kier molecular flexibility index (Phi) is 8.25. The van der Waals surface area contributed by atoms with Crippen molar-refractivity contribution in [1.29, 1.82) is 0 Å². The molecular weight excluding hydrogens is 438 g/mol. The number of aromatic nitrogens is 3. The Labute approximate surface area is 192 Å². The summed E-state index contributed by atoms with van der Waals surface area (Å²) < 4.78 is 13.5. The van der Waals surface area contributed by atoms with Crippen LogP contribution in [0.2, 0.25) is 0 Å². The van der Waals surface area contributed by atoms with E-state index in [4.69, 9.17) is 14.5 Å². The van der Waals surface area contributed by atoms with Crippen molar-refractivity contribution < 1.29 is 14.3 Å². The number of thiazole rings is 1. The monoisotopic (exact) mass is 465 g/mol. The molecule has 1 fully saturated rings.